The van der Waals surface area contributed by atoms with Gasteiger partial charge in [-0.3, -0.25) is 14.2 Å². The molecule has 118 valence electrons. The third-order valence-electron chi connectivity index (χ3n) is 4.39. The zero-order valence-electron chi connectivity index (χ0n) is 12.9. The Bertz CT molecular complexity index is 630. The van der Waals surface area contributed by atoms with Gasteiger partial charge in [0.15, 0.2) is 6.23 Å². The molecule has 1 aromatic carbocycles. The van der Waals surface area contributed by atoms with Gasteiger partial charge in [-0.25, -0.2) is 0 Å². The Morgan fingerprint density at radius 1 is 1.23 bits per heavy atom. The van der Waals surface area contributed by atoms with Crippen LogP contribution in [-0.4, -0.2) is 25.1 Å². The SMILES string of the molecule is COC1O[C-](C)[N+](=c2cc[c-](C3CCC(=O)CC3)cc2)C1=O. The maximum absolute atomic E-state index is 12.2. The van der Waals surface area contributed by atoms with Crippen molar-refractivity contribution >= 4 is 11.7 Å². The van der Waals surface area contributed by atoms with E-state index >= 15 is 0 Å². The minimum atomic E-state index is -0.857. The Balaban J connectivity index is 1.86. The molecule has 0 bridgehead atoms. The molecule has 5 heteroatoms. The highest BCUT2D eigenvalue weighted by Crippen LogP contribution is 2.30. The number of ether oxygens (including phenoxy) is 2. The predicted octanol–water partition coefficient (Wildman–Crippen LogP) is 1.44. The van der Waals surface area contributed by atoms with Crippen LogP contribution in [0, 0.1) is 6.23 Å². The molecular weight excluding hydrogens is 282 g/mol. The number of ketones is 1. The monoisotopic (exact) mass is 302 g/mol. The highest BCUT2D eigenvalue weighted by Gasteiger charge is 2.35. The molecule has 1 saturated heterocycles. The minimum absolute atomic E-state index is 0.212. The molecule has 0 N–H and O–H groups in total. The first-order valence-corrected chi connectivity index (χ1v) is 7.59. The van der Waals surface area contributed by atoms with Crippen LogP contribution in [0.15, 0.2) is 24.3 Å². The van der Waals surface area contributed by atoms with Gasteiger partial charge < -0.3 is 9.47 Å². The van der Waals surface area contributed by atoms with Gasteiger partial charge in [0, 0.05) is 25.3 Å². The number of Topliss-reactive ketones (excluding diaryl/α,β-unsaturated/α-hetero) is 1. The van der Waals surface area contributed by atoms with Gasteiger partial charge in [-0.1, -0.05) is 18.8 Å². The van der Waals surface area contributed by atoms with Crippen LogP contribution in [0.4, 0.5) is 0 Å². The molecule has 0 radical (unpaired) electrons. The molecule has 5 nitrogen and oxygen atoms in total. The fourth-order valence-corrected chi connectivity index (χ4v) is 3.15. The van der Waals surface area contributed by atoms with E-state index in [9.17, 15) is 9.59 Å². The molecule has 22 heavy (non-hydrogen) atoms. The molecular formula is C17H20NO4-. The Kier molecular flexibility index (Phi) is 4.18. The van der Waals surface area contributed by atoms with Crippen molar-refractivity contribution < 1.29 is 19.1 Å². The standard InChI is InChI=1S/C17H20NO4/c1-11-18(16(20)17(21-2)22-11)14-7-3-12(4-8-14)13-5-9-15(19)10-6-13/h3-4,7-8,13,17H,5-6,9-10H2,1-2H3/q-1. The highest BCUT2D eigenvalue weighted by atomic mass is 16.7. The molecule has 1 aromatic rings. The predicted molar refractivity (Wildman–Crippen MR) is 79.3 cm³/mol. The van der Waals surface area contributed by atoms with E-state index < -0.39 is 6.29 Å². The maximum Gasteiger partial charge on any atom is 0.338 e. The van der Waals surface area contributed by atoms with Gasteiger partial charge in [0.25, 0.3) is 0 Å². The number of nitrogens with zero attached hydrogens (tertiary/aromatic N) is 1. The van der Waals surface area contributed by atoms with Gasteiger partial charge in [-0.2, -0.15) is 29.8 Å². The van der Waals surface area contributed by atoms with E-state index in [2.05, 4.69) is 0 Å². The van der Waals surface area contributed by atoms with E-state index in [-0.39, 0.29) is 5.91 Å². The van der Waals surface area contributed by atoms with Crippen LogP contribution >= 0.6 is 0 Å². The van der Waals surface area contributed by atoms with Crippen LogP contribution in [0.5, 0.6) is 0 Å². The van der Waals surface area contributed by atoms with Crippen LogP contribution in [0.1, 0.15) is 44.1 Å². The molecule has 0 aromatic heterocycles. The Labute approximate surface area is 129 Å². The second kappa shape index (κ2) is 6.10. The zero-order valence-corrected chi connectivity index (χ0v) is 12.9. The highest BCUT2D eigenvalue weighted by molar-refractivity contribution is 5.84. The average Bonchev–Trinajstić information content (AvgIpc) is 2.82. The number of carbonyl (C=O) groups is 2. The minimum Gasteiger partial charge on any atom is -0.354 e. The van der Waals surface area contributed by atoms with Crippen molar-refractivity contribution in [3.05, 3.63) is 41.4 Å². The summed E-state index contributed by atoms with van der Waals surface area (Å²) in [5, 5.41) is 0.776. The normalized spacial score (nSPS) is 23.5. The molecule has 2 fully saturated rings. The lowest BCUT2D eigenvalue weighted by atomic mass is 9.83. The first-order valence-electron chi connectivity index (χ1n) is 7.59. The number of benzene rings is 1. The third kappa shape index (κ3) is 2.74. The Morgan fingerprint density at radius 2 is 1.86 bits per heavy atom. The fraction of sp³-hybridized carbons (Fsp3) is 0.471. The van der Waals surface area contributed by atoms with E-state index in [1.807, 2.05) is 24.3 Å². The lowest BCUT2D eigenvalue weighted by molar-refractivity contribution is -0.145. The molecule has 1 aliphatic carbocycles. The molecule has 1 aliphatic heterocycles. The number of rotatable bonds is 2. The summed E-state index contributed by atoms with van der Waals surface area (Å²) in [6.07, 6.45) is 2.85. The Morgan fingerprint density at radius 3 is 2.41 bits per heavy atom. The lowest BCUT2D eigenvalue weighted by Gasteiger charge is -2.25. The van der Waals surface area contributed by atoms with Crippen molar-refractivity contribution in [1.29, 1.82) is 0 Å². The van der Waals surface area contributed by atoms with Gasteiger partial charge in [0.05, 0.1) is 0 Å². The number of hydrogen-bond acceptors (Lipinski definition) is 4. The maximum atomic E-state index is 12.2. The smallest absolute Gasteiger partial charge is 0.338 e. The molecule has 1 atom stereocenters. The summed E-state index contributed by atoms with van der Waals surface area (Å²) in [6.45, 7) is 1.75. The van der Waals surface area contributed by atoms with Crippen molar-refractivity contribution in [1.82, 2.24) is 4.58 Å². The first kappa shape index (κ1) is 15.1. The summed E-state index contributed by atoms with van der Waals surface area (Å²) >= 11 is 0. The summed E-state index contributed by atoms with van der Waals surface area (Å²) in [4.78, 5) is 23.5. The Hall–Kier alpha value is -1.85. The van der Waals surface area contributed by atoms with Crippen LogP contribution < -0.4 is 9.93 Å². The van der Waals surface area contributed by atoms with Crippen molar-refractivity contribution in [2.75, 3.05) is 7.11 Å². The topological polar surface area (TPSA) is 55.6 Å². The van der Waals surface area contributed by atoms with E-state index in [4.69, 9.17) is 9.47 Å². The van der Waals surface area contributed by atoms with Crippen molar-refractivity contribution in [2.24, 2.45) is 0 Å². The molecule has 1 heterocycles. The average molecular weight is 302 g/mol. The number of amides is 1. The number of hydrogen-bond donors (Lipinski definition) is 0. The van der Waals surface area contributed by atoms with E-state index in [0.29, 0.717) is 30.8 Å². The van der Waals surface area contributed by atoms with Gasteiger partial charge in [-0.05, 0) is 6.92 Å². The first-order chi connectivity index (χ1) is 10.6. The van der Waals surface area contributed by atoms with Crippen molar-refractivity contribution in [3.63, 3.8) is 0 Å². The van der Waals surface area contributed by atoms with Crippen LogP contribution in [-0.2, 0) is 19.1 Å². The summed E-state index contributed by atoms with van der Waals surface area (Å²) in [7, 11) is 1.45. The molecule has 0 spiro atoms. The van der Waals surface area contributed by atoms with Gasteiger partial charge in [-0.15, -0.1) is 0 Å². The molecule has 3 rings (SSSR count). The van der Waals surface area contributed by atoms with Crippen LogP contribution in [0.3, 0.4) is 0 Å². The second-order valence-corrected chi connectivity index (χ2v) is 5.78. The van der Waals surface area contributed by atoms with Crippen LogP contribution in [0.25, 0.3) is 0 Å². The molecule has 1 amide bonds. The number of carbonyl (C=O) groups excluding carboxylic acids is 2. The van der Waals surface area contributed by atoms with Gasteiger partial charge >= 0.3 is 5.91 Å². The second-order valence-electron chi connectivity index (χ2n) is 5.78. The molecule has 1 unspecified atom stereocenters. The van der Waals surface area contributed by atoms with E-state index in [1.54, 1.807) is 6.92 Å². The van der Waals surface area contributed by atoms with Gasteiger partial charge in [0.2, 0.25) is 6.29 Å². The summed E-state index contributed by atoms with van der Waals surface area (Å²) in [5.41, 5.74) is 1.23. The van der Waals surface area contributed by atoms with Gasteiger partial charge in [0.1, 0.15) is 5.78 Å². The summed E-state index contributed by atoms with van der Waals surface area (Å²) < 4.78 is 11.9. The molecule has 2 aliphatic rings. The summed E-state index contributed by atoms with van der Waals surface area (Å²) in [5.74, 6) is 0.591. The van der Waals surface area contributed by atoms with E-state index in [1.165, 1.54) is 17.2 Å². The summed E-state index contributed by atoms with van der Waals surface area (Å²) in [6, 6.07) is 7.93. The van der Waals surface area contributed by atoms with Crippen molar-refractivity contribution in [3.8, 4) is 0 Å². The third-order valence-corrected chi connectivity index (χ3v) is 4.39. The quantitative estimate of drug-likeness (QED) is 0.613. The number of methoxy groups -OCH3 is 1. The lowest BCUT2D eigenvalue weighted by Crippen LogP contribution is -2.35. The van der Waals surface area contributed by atoms with Crippen LogP contribution in [0.2, 0.25) is 0 Å². The molecule has 1 saturated carbocycles. The largest absolute Gasteiger partial charge is 0.354 e. The fourth-order valence-electron chi connectivity index (χ4n) is 3.15. The van der Waals surface area contributed by atoms with Crippen molar-refractivity contribution in [2.45, 2.75) is 44.8 Å². The van der Waals surface area contributed by atoms with E-state index in [0.717, 1.165) is 18.2 Å². The zero-order chi connectivity index (χ0) is 15.7.